The number of ether oxygens (including phenoxy) is 1. The Hall–Kier alpha value is -2.94. The number of morpholine rings is 1. The largest absolute Gasteiger partial charge is 0.373 e. The van der Waals surface area contributed by atoms with E-state index in [0.717, 1.165) is 5.56 Å². The van der Waals surface area contributed by atoms with Crippen molar-refractivity contribution in [3.63, 3.8) is 0 Å². The molecular weight excluding hydrogens is 338 g/mol. The summed E-state index contributed by atoms with van der Waals surface area (Å²) in [6.07, 6.45) is 3.59. The van der Waals surface area contributed by atoms with Crippen LogP contribution in [-0.2, 0) is 11.3 Å². The molecule has 9 nitrogen and oxygen atoms in total. The maximum atomic E-state index is 11.8. The lowest BCUT2D eigenvalue weighted by molar-refractivity contribution is -0.384. The zero-order valence-corrected chi connectivity index (χ0v) is 14.7. The van der Waals surface area contributed by atoms with Crippen LogP contribution in [0.25, 0.3) is 0 Å². The number of rotatable bonds is 5. The van der Waals surface area contributed by atoms with E-state index in [2.05, 4.69) is 10.4 Å². The molecule has 0 saturated carbocycles. The molecule has 1 aliphatic heterocycles. The van der Waals surface area contributed by atoms with Crippen molar-refractivity contribution in [2.75, 3.05) is 31.6 Å². The number of nitrogens with zero attached hydrogens (tertiary/aromatic N) is 4. The highest BCUT2D eigenvalue weighted by atomic mass is 16.6. The predicted octanol–water partition coefficient (Wildman–Crippen LogP) is 1.36. The van der Waals surface area contributed by atoms with E-state index in [1.54, 1.807) is 18.3 Å². The van der Waals surface area contributed by atoms with Crippen LogP contribution >= 0.6 is 0 Å². The number of aromatic nitrogens is 2. The fourth-order valence-corrected chi connectivity index (χ4v) is 3.05. The van der Waals surface area contributed by atoms with Gasteiger partial charge >= 0.3 is 0 Å². The third-order valence-electron chi connectivity index (χ3n) is 4.29. The lowest BCUT2D eigenvalue weighted by atomic mass is 10.1. The van der Waals surface area contributed by atoms with Gasteiger partial charge in [-0.1, -0.05) is 0 Å². The maximum Gasteiger partial charge on any atom is 0.293 e. The van der Waals surface area contributed by atoms with Crippen LogP contribution in [0.1, 0.15) is 15.9 Å². The van der Waals surface area contributed by atoms with Crippen LogP contribution in [0, 0.1) is 17.0 Å². The van der Waals surface area contributed by atoms with Crippen LogP contribution in [0.15, 0.2) is 30.6 Å². The third-order valence-corrected chi connectivity index (χ3v) is 4.29. The smallest absolute Gasteiger partial charge is 0.293 e. The monoisotopic (exact) mass is 359 g/mol. The number of anilines is 1. The highest BCUT2D eigenvalue weighted by Crippen LogP contribution is 2.30. The minimum Gasteiger partial charge on any atom is -0.373 e. The van der Waals surface area contributed by atoms with Gasteiger partial charge in [0.1, 0.15) is 5.69 Å². The Labute approximate surface area is 150 Å². The number of carbonyl (C=O) groups excluding carboxylic acids is 1. The first-order valence-corrected chi connectivity index (χ1v) is 8.34. The van der Waals surface area contributed by atoms with E-state index in [1.807, 2.05) is 22.7 Å². The second-order valence-electron chi connectivity index (χ2n) is 6.22. The lowest BCUT2D eigenvalue weighted by Crippen LogP contribution is -2.44. The molecule has 1 fully saturated rings. The van der Waals surface area contributed by atoms with Crippen LogP contribution < -0.4 is 10.2 Å². The Morgan fingerprint density at radius 3 is 2.96 bits per heavy atom. The molecule has 138 valence electrons. The van der Waals surface area contributed by atoms with E-state index >= 15 is 0 Å². The molecule has 3 rings (SSSR count). The minimum absolute atomic E-state index is 0.0818. The zero-order chi connectivity index (χ0) is 18.7. The number of carbonyl (C=O) groups is 1. The van der Waals surface area contributed by atoms with Crippen LogP contribution in [-0.4, -0.2) is 53.5 Å². The van der Waals surface area contributed by atoms with Gasteiger partial charge < -0.3 is 15.0 Å². The number of nitrogens with one attached hydrogen (secondary N) is 1. The first-order valence-electron chi connectivity index (χ1n) is 8.34. The van der Waals surface area contributed by atoms with Gasteiger partial charge in [-0.05, 0) is 24.6 Å². The first-order chi connectivity index (χ1) is 12.5. The molecule has 1 saturated heterocycles. The van der Waals surface area contributed by atoms with E-state index in [4.69, 9.17) is 4.74 Å². The summed E-state index contributed by atoms with van der Waals surface area (Å²) in [6.45, 7) is 4.08. The number of nitro benzene ring substituents is 1. The number of benzene rings is 1. The van der Waals surface area contributed by atoms with Crippen molar-refractivity contribution in [2.24, 2.45) is 0 Å². The van der Waals surface area contributed by atoms with Crippen molar-refractivity contribution < 1.29 is 14.5 Å². The SMILES string of the molecule is CNC(=O)c1ccc(N2CCOC(Cn3cc(C)cn3)C2)c([N+](=O)[O-])c1. The molecule has 0 bridgehead atoms. The van der Waals surface area contributed by atoms with Crippen molar-refractivity contribution in [1.29, 1.82) is 0 Å². The Morgan fingerprint density at radius 2 is 2.31 bits per heavy atom. The highest BCUT2D eigenvalue weighted by molar-refractivity contribution is 5.95. The second-order valence-corrected chi connectivity index (χ2v) is 6.22. The summed E-state index contributed by atoms with van der Waals surface area (Å²) < 4.78 is 7.60. The van der Waals surface area contributed by atoms with Crippen molar-refractivity contribution >= 4 is 17.3 Å². The van der Waals surface area contributed by atoms with E-state index in [0.29, 0.717) is 31.9 Å². The van der Waals surface area contributed by atoms with Gasteiger partial charge in [0.2, 0.25) is 0 Å². The highest BCUT2D eigenvalue weighted by Gasteiger charge is 2.27. The molecule has 9 heteroatoms. The molecule has 1 amide bonds. The molecule has 0 aliphatic carbocycles. The number of hydrogen-bond acceptors (Lipinski definition) is 6. The summed E-state index contributed by atoms with van der Waals surface area (Å²) in [7, 11) is 1.49. The van der Waals surface area contributed by atoms with Crippen LogP contribution in [0.4, 0.5) is 11.4 Å². The van der Waals surface area contributed by atoms with Gasteiger partial charge in [0.05, 0.1) is 30.4 Å². The quantitative estimate of drug-likeness (QED) is 0.639. The number of hydrogen-bond donors (Lipinski definition) is 1. The third kappa shape index (κ3) is 3.83. The molecule has 2 aromatic rings. The summed E-state index contributed by atoms with van der Waals surface area (Å²) in [5.41, 5.74) is 1.74. The molecule has 1 aromatic heterocycles. The summed E-state index contributed by atoms with van der Waals surface area (Å²) in [4.78, 5) is 24.7. The van der Waals surface area contributed by atoms with Crippen LogP contribution in [0.5, 0.6) is 0 Å². The standard InChI is InChI=1S/C17H21N5O4/c1-12-8-19-21(9-12)11-14-10-20(5-6-26-14)15-4-3-13(17(23)18-2)7-16(15)22(24)25/h3-4,7-9,14H,5-6,10-11H2,1-2H3,(H,18,23). The normalized spacial score (nSPS) is 17.2. The molecule has 0 radical (unpaired) electrons. The first kappa shape index (κ1) is 17.9. The second kappa shape index (κ2) is 7.52. The molecular formula is C17H21N5O4. The van der Waals surface area contributed by atoms with Crippen molar-refractivity contribution in [3.8, 4) is 0 Å². The molecule has 26 heavy (non-hydrogen) atoms. The van der Waals surface area contributed by atoms with Crippen molar-refractivity contribution in [1.82, 2.24) is 15.1 Å². The molecule has 1 atom stereocenters. The average Bonchev–Trinajstić information content (AvgIpc) is 3.05. The van der Waals surface area contributed by atoms with Gasteiger partial charge in [-0.15, -0.1) is 0 Å². The van der Waals surface area contributed by atoms with E-state index in [9.17, 15) is 14.9 Å². The average molecular weight is 359 g/mol. The Bertz CT molecular complexity index is 819. The van der Waals surface area contributed by atoms with Gasteiger partial charge in [0, 0.05) is 38.0 Å². The molecule has 2 heterocycles. The van der Waals surface area contributed by atoms with Gasteiger partial charge in [-0.25, -0.2) is 0 Å². The number of amides is 1. The van der Waals surface area contributed by atoms with Crippen LogP contribution in [0.2, 0.25) is 0 Å². The van der Waals surface area contributed by atoms with Gasteiger partial charge in [-0.3, -0.25) is 19.6 Å². The Balaban J connectivity index is 1.80. The lowest BCUT2D eigenvalue weighted by Gasteiger charge is -2.34. The summed E-state index contributed by atoms with van der Waals surface area (Å²) in [5, 5.41) is 18.2. The summed E-state index contributed by atoms with van der Waals surface area (Å²) in [6, 6.07) is 4.54. The van der Waals surface area contributed by atoms with Gasteiger partial charge in [0.25, 0.3) is 11.6 Å². The van der Waals surface area contributed by atoms with E-state index < -0.39 is 4.92 Å². The van der Waals surface area contributed by atoms with E-state index in [1.165, 1.54) is 13.1 Å². The Kier molecular flexibility index (Phi) is 5.17. The molecule has 0 spiro atoms. The van der Waals surface area contributed by atoms with E-state index in [-0.39, 0.29) is 23.3 Å². The molecule has 1 N–H and O–H groups in total. The van der Waals surface area contributed by atoms with Crippen LogP contribution in [0.3, 0.4) is 0 Å². The van der Waals surface area contributed by atoms with Crippen molar-refractivity contribution in [2.45, 2.75) is 19.6 Å². The fourth-order valence-electron chi connectivity index (χ4n) is 3.05. The van der Waals surface area contributed by atoms with Crippen molar-refractivity contribution in [3.05, 3.63) is 51.8 Å². The molecule has 1 unspecified atom stereocenters. The number of nitro groups is 1. The predicted molar refractivity (Wildman–Crippen MR) is 95.4 cm³/mol. The maximum absolute atomic E-state index is 11.8. The zero-order valence-electron chi connectivity index (χ0n) is 14.7. The summed E-state index contributed by atoms with van der Waals surface area (Å²) >= 11 is 0. The minimum atomic E-state index is -0.455. The molecule has 1 aromatic carbocycles. The van der Waals surface area contributed by atoms with Gasteiger partial charge in [0.15, 0.2) is 0 Å². The number of aryl methyl sites for hydroxylation is 1. The molecule has 1 aliphatic rings. The Morgan fingerprint density at radius 1 is 1.50 bits per heavy atom. The fraction of sp³-hybridized carbons (Fsp3) is 0.412. The summed E-state index contributed by atoms with van der Waals surface area (Å²) in [5.74, 6) is -0.353. The van der Waals surface area contributed by atoms with Gasteiger partial charge in [-0.2, -0.15) is 5.10 Å². The topological polar surface area (TPSA) is 103 Å².